The molecular formula is C14H23NOSi. The van der Waals surface area contributed by atoms with E-state index in [1.807, 2.05) is 19.4 Å². The lowest BCUT2D eigenvalue weighted by Crippen LogP contribution is -2.33. The first-order chi connectivity index (χ1) is 8.38. The van der Waals surface area contributed by atoms with Gasteiger partial charge in [-0.25, -0.2) is 0 Å². The van der Waals surface area contributed by atoms with Crippen LogP contribution in [0.4, 0.5) is 0 Å². The summed E-state index contributed by atoms with van der Waals surface area (Å²) < 4.78 is 5.68. The standard InChI is InChI=1S/C14H23NOSi/c1-16-14(11-12-7-3-2-4-8-12)17-13-9-5-6-10-15-13/h5-6,9-10,12,14H,2-4,7-8,11,17H2,1H3. The third kappa shape index (κ3) is 4.24. The summed E-state index contributed by atoms with van der Waals surface area (Å²) in [5.74, 6) is 0.907. The number of hydrogen-bond donors (Lipinski definition) is 0. The van der Waals surface area contributed by atoms with Gasteiger partial charge in [-0.3, -0.25) is 4.98 Å². The summed E-state index contributed by atoms with van der Waals surface area (Å²) in [6, 6.07) is 6.22. The van der Waals surface area contributed by atoms with Gasteiger partial charge in [-0.15, -0.1) is 0 Å². The number of rotatable bonds is 5. The summed E-state index contributed by atoms with van der Waals surface area (Å²) in [6.07, 6.45) is 10.3. The molecule has 0 bridgehead atoms. The summed E-state index contributed by atoms with van der Waals surface area (Å²) in [7, 11) is 1.49. The van der Waals surface area contributed by atoms with Crippen LogP contribution in [0.2, 0.25) is 0 Å². The SMILES string of the molecule is COC(CC1CCCCC1)[SiH2]c1ccccn1. The van der Waals surface area contributed by atoms with Crippen molar-refractivity contribution in [2.75, 3.05) is 7.11 Å². The minimum atomic E-state index is -0.376. The molecule has 0 aliphatic heterocycles. The van der Waals surface area contributed by atoms with E-state index in [1.165, 1.54) is 43.8 Å². The molecule has 0 saturated heterocycles. The largest absolute Gasteiger partial charge is 0.385 e. The van der Waals surface area contributed by atoms with Crippen LogP contribution < -0.4 is 5.32 Å². The van der Waals surface area contributed by atoms with Crippen molar-refractivity contribution in [3.8, 4) is 0 Å². The first-order valence-electron chi connectivity index (χ1n) is 6.81. The van der Waals surface area contributed by atoms with Gasteiger partial charge in [0, 0.05) is 24.4 Å². The maximum atomic E-state index is 5.68. The van der Waals surface area contributed by atoms with Crippen LogP contribution in [0, 0.1) is 5.92 Å². The van der Waals surface area contributed by atoms with Crippen molar-refractivity contribution in [1.29, 1.82) is 0 Å². The number of hydrogen-bond acceptors (Lipinski definition) is 2. The van der Waals surface area contributed by atoms with Crippen molar-refractivity contribution in [1.82, 2.24) is 4.98 Å². The molecule has 1 fully saturated rings. The highest BCUT2D eigenvalue weighted by molar-refractivity contribution is 6.53. The zero-order valence-corrected chi connectivity index (χ0v) is 12.2. The lowest BCUT2D eigenvalue weighted by atomic mass is 9.87. The minimum absolute atomic E-state index is 0.376. The lowest BCUT2D eigenvalue weighted by molar-refractivity contribution is 0.131. The van der Waals surface area contributed by atoms with Gasteiger partial charge in [-0.2, -0.15) is 0 Å². The van der Waals surface area contributed by atoms with Crippen LogP contribution in [-0.4, -0.2) is 27.3 Å². The van der Waals surface area contributed by atoms with Crippen molar-refractivity contribution in [2.24, 2.45) is 5.92 Å². The van der Waals surface area contributed by atoms with Crippen LogP contribution in [-0.2, 0) is 4.74 Å². The van der Waals surface area contributed by atoms with Gasteiger partial charge in [0.1, 0.15) is 9.52 Å². The quantitative estimate of drug-likeness (QED) is 0.743. The Hall–Kier alpha value is -0.673. The molecule has 2 nitrogen and oxygen atoms in total. The van der Waals surface area contributed by atoms with Gasteiger partial charge in [0.25, 0.3) is 0 Å². The van der Waals surface area contributed by atoms with Crippen LogP contribution in [0.25, 0.3) is 0 Å². The molecule has 0 amide bonds. The molecule has 3 heteroatoms. The molecule has 94 valence electrons. The number of aromatic nitrogens is 1. The average molecular weight is 249 g/mol. The van der Waals surface area contributed by atoms with Gasteiger partial charge in [0.05, 0.1) is 0 Å². The van der Waals surface area contributed by atoms with E-state index in [0.29, 0.717) is 5.73 Å². The summed E-state index contributed by atoms with van der Waals surface area (Å²) in [5.41, 5.74) is 0.480. The molecular weight excluding hydrogens is 226 g/mol. The van der Waals surface area contributed by atoms with Gasteiger partial charge in [-0.05, 0) is 24.5 Å². The van der Waals surface area contributed by atoms with Gasteiger partial charge in [0.15, 0.2) is 0 Å². The molecule has 0 spiro atoms. The molecule has 1 unspecified atom stereocenters. The van der Waals surface area contributed by atoms with E-state index < -0.39 is 0 Å². The van der Waals surface area contributed by atoms with Crippen LogP contribution >= 0.6 is 0 Å². The zero-order chi connectivity index (χ0) is 11.9. The fourth-order valence-electron chi connectivity index (χ4n) is 2.81. The van der Waals surface area contributed by atoms with Crippen LogP contribution in [0.3, 0.4) is 0 Å². The van der Waals surface area contributed by atoms with E-state index >= 15 is 0 Å². The third-order valence-electron chi connectivity index (χ3n) is 3.82. The van der Waals surface area contributed by atoms with E-state index in [0.717, 1.165) is 5.92 Å². The summed E-state index contributed by atoms with van der Waals surface area (Å²) in [5, 5.41) is 1.29. The second-order valence-electron chi connectivity index (χ2n) is 5.12. The Bertz CT molecular complexity index is 311. The van der Waals surface area contributed by atoms with Crippen molar-refractivity contribution >= 4 is 14.8 Å². The Kier molecular flexibility index (Phi) is 5.20. The molecule has 0 N–H and O–H groups in total. The predicted octanol–water partition coefficient (Wildman–Crippen LogP) is 1.82. The smallest absolute Gasteiger partial charge is 0.112 e. The first kappa shape index (κ1) is 12.8. The Morgan fingerprint density at radius 1 is 1.35 bits per heavy atom. The zero-order valence-electron chi connectivity index (χ0n) is 10.8. The molecule has 0 aromatic carbocycles. The predicted molar refractivity (Wildman–Crippen MR) is 74.4 cm³/mol. The molecule has 17 heavy (non-hydrogen) atoms. The van der Waals surface area contributed by atoms with E-state index in [1.54, 1.807) is 0 Å². The van der Waals surface area contributed by atoms with Gasteiger partial charge < -0.3 is 4.74 Å². The van der Waals surface area contributed by atoms with Crippen LogP contribution in [0.1, 0.15) is 38.5 Å². The number of nitrogens with zero attached hydrogens (tertiary/aromatic N) is 1. The van der Waals surface area contributed by atoms with E-state index in [9.17, 15) is 0 Å². The van der Waals surface area contributed by atoms with Crippen molar-refractivity contribution in [3.63, 3.8) is 0 Å². The average Bonchev–Trinajstić information content (AvgIpc) is 2.40. The maximum absolute atomic E-state index is 5.68. The number of ether oxygens (including phenoxy) is 1. The normalized spacial score (nSPS) is 19.8. The van der Waals surface area contributed by atoms with Crippen molar-refractivity contribution in [3.05, 3.63) is 24.4 Å². The Balaban J connectivity index is 1.83. The van der Waals surface area contributed by atoms with Crippen LogP contribution in [0.15, 0.2) is 24.4 Å². The van der Waals surface area contributed by atoms with E-state index in [2.05, 4.69) is 17.1 Å². The molecule has 0 radical (unpaired) electrons. The molecule has 1 saturated carbocycles. The van der Waals surface area contributed by atoms with E-state index in [4.69, 9.17) is 4.74 Å². The second-order valence-corrected chi connectivity index (χ2v) is 7.17. The van der Waals surface area contributed by atoms with Gasteiger partial charge >= 0.3 is 0 Å². The third-order valence-corrected chi connectivity index (χ3v) is 5.78. The molecule has 1 aliphatic rings. The highest BCUT2D eigenvalue weighted by atomic mass is 28.2. The molecule has 1 aromatic heterocycles. The van der Waals surface area contributed by atoms with Gasteiger partial charge in [0.2, 0.25) is 0 Å². The molecule has 1 atom stereocenters. The maximum Gasteiger partial charge on any atom is 0.112 e. The Morgan fingerprint density at radius 3 is 2.82 bits per heavy atom. The molecule has 1 heterocycles. The Morgan fingerprint density at radius 2 is 2.18 bits per heavy atom. The summed E-state index contributed by atoms with van der Waals surface area (Å²) in [4.78, 5) is 4.44. The Labute approximate surface area is 107 Å². The summed E-state index contributed by atoms with van der Waals surface area (Å²) >= 11 is 0. The molecule has 1 aromatic rings. The molecule has 2 rings (SSSR count). The first-order valence-corrected chi connectivity index (χ1v) is 8.33. The van der Waals surface area contributed by atoms with Crippen molar-refractivity contribution in [2.45, 2.75) is 44.3 Å². The topological polar surface area (TPSA) is 22.1 Å². The number of pyridine rings is 1. The second kappa shape index (κ2) is 6.92. The van der Waals surface area contributed by atoms with Crippen LogP contribution in [0.5, 0.6) is 0 Å². The lowest BCUT2D eigenvalue weighted by Gasteiger charge is -2.25. The highest BCUT2D eigenvalue weighted by Gasteiger charge is 2.19. The summed E-state index contributed by atoms with van der Waals surface area (Å²) in [6.45, 7) is 0. The van der Waals surface area contributed by atoms with Gasteiger partial charge in [-0.1, -0.05) is 38.2 Å². The minimum Gasteiger partial charge on any atom is -0.385 e. The molecule has 1 aliphatic carbocycles. The number of methoxy groups -OCH3 is 1. The monoisotopic (exact) mass is 249 g/mol. The van der Waals surface area contributed by atoms with Crippen molar-refractivity contribution < 1.29 is 4.74 Å². The fraction of sp³-hybridized carbons (Fsp3) is 0.643. The van der Waals surface area contributed by atoms with E-state index in [-0.39, 0.29) is 9.52 Å². The fourth-order valence-corrected chi connectivity index (χ4v) is 4.56. The highest BCUT2D eigenvalue weighted by Crippen LogP contribution is 2.27.